The van der Waals surface area contributed by atoms with Crippen LogP contribution in [0, 0.1) is 0 Å². The summed E-state index contributed by atoms with van der Waals surface area (Å²) in [7, 11) is 2.18. The number of nitrogens with zero attached hydrogens (tertiary/aromatic N) is 1. The Morgan fingerprint density at radius 1 is 1.42 bits per heavy atom. The summed E-state index contributed by atoms with van der Waals surface area (Å²) in [5, 5.41) is 0. The van der Waals surface area contributed by atoms with Crippen LogP contribution in [-0.2, 0) is 4.74 Å². The Balaban J connectivity index is 2.51. The maximum atomic E-state index is 5.88. The minimum absolute atomic E-state index is 0.168. The van der Waals surface area contributed by atoms with Crippen molar-refractivity contribution in [3.63, 3.8) is 0 Å². The van der Waals surface area contributed by atoms with Crippen LogP contribution in [0.1, 0.15) is 33.1 Å². The molecule has 1 fully saturated rings. The monoisotopic (exact) mass is 171 g/mol. The molecule has 12 heavy (non-hydrogen) atoms. The third kappa shape index (κ3) is 2.20. The quantitative estimate of drug-likeness (QED) is 0.643. The van der Waals surface area contributed by atoms with Gasteiger partial charge in [0, 0.05) is 13.1 Å². The van der Waals surface area contributed by atoms with Gasteiger partial charge in [0.15, 0.2) is 0 Å². The molecule has 1 aliphatic heterocycles. The van der Waals surface area contributed by atoms with Crippen LogP contribution in [0.15, 0.2) is 0 Å². The zero-order valence-corrected chi connectivity index (χ0v) is 8.60. The zero-order valence-electron chi connectivity index (χ0n) is 8.60. The number of hydrogen-bond donors (Lipinski definition) is 0. The molecule has 1 atom stereocenters. The van der Waals surface area contributed by atoms with E-state index in [1.165, 1.54) is 12.8 Å². The standard InChI is InChI=1S/C10H21NO/c1-4-6-10(5-2)9-11(3)7-8-12-10/h4-9H2,1-3H3. The Bertz CT molecular complexity index is 134. The largest absolute Gasteiger partial charge is 0.372 e. The van der Waals surface area contributed by atoms with E-state index in [9.17, 15) is 0 Å². The van der Waals surface area contributed by atoms with Crippen LogP contribution in [0.4, 0.5) is 0 Å². The highest BCUT2D eigenvalue weighted by Crippen LogP contribution is 2.26. The van der Waals surface area contributed by atoms with Gasteiger partial charge < -0.3 is 9.64 Å². The Morgan fingerprint density at radius 3 is 2.67 bits per heavy atom. The molecule has 0 bridgehead atoms. The molecule has 0 aromatic rings. The fourth-order valence-electron chi connectivity index (χ4n) is 2.03. The lowest BCUT2D eigenvalue weighted by molar-refractivity contribution is -0.110. The fourth-order valence-corrected chi connectivity index (χ4v) is 2.03. The molecule has 0 aromatic heterocycles. The molecule has 1 unspecified atom stereocenters. The van der Waals surface area contributed by atoms with E-state index < -0.39 is 0 Å². The summed E-state index contributed by atoms with van der Waals surface area (Å²) in [4.78, 5) is 2.38. The first-order valence-corrected chi connectivity index (χ1v) is 5.05. The normalized spacial score (nSPS) is 32.2. The summed E-state index contributed by atoms with van der Waals surface area (Å²) < 4.78 is 5.88. The van der Waals surface area contributed by atoms with Crippen LogP contribution in [0.5, 0.6) is 0 Å². The van der Waals surface area contributed by atoms with Gasteiger partial charge in [-0.05, 0) is 19.9 Å². The van der Waals surface area contributed by atoms with Crippen molar-refractivity contribution in [1.29, 1.82) is 0 Å². The van der Waals surface area contributed by atoms with E-state index >= 15 is 0 Å². The highest BCUT2D eigenvalue weighted by atomic mass is 16.5. The highest BCUT2D eigenvalue weighted by Gasteiger charge is 2.32. The predicted molar refractivity (Wildman–Crippen MR) is 51.4 cm³/mol. The van der Waals surface area contributed by atoms with Crippen molar-refractivity contribution in [2.45, 2.75) is 38.7 Å². The molecule has 2 nitrogen and oxygen atoms in total. The first kappa shape index (κ1) is 10.0. The van der Waals surface area contributed by atoms with Crippen molar-refractivity contribution in [2.75, 3.05) is 26.7 Å². The molecule has 1 saturated heterocycles. The number of likely N-dealkylation sites (N-methyl/N-ethyl adjacent to an activating group) is 1. The molecule has 0 saturated carbocycles. The average Bonchev–Trinajstić information content (AvgIpc) is 2.05. The lowest BCUT2D eigenvalue weighted by atomic mass is 9.93. The molecule has 72 valence electrons. The minimum Gasteiger partial charge on any atom is -0.372 e. The molecule has 0 aliphatic carbocycles. The summed E-state index contributed by atoms with van der Waals surface area (Å²) in [5.41, 5.74) is 0.168. The van der Waals surface area contributed by atoms with Gasteiger partial charge in [0.05, 0.1) is 12.2 Å². The van der Waals surface area contributed by atoms with Crippen molar-refractivity contribution in [3.8, 4) is 0 Å². The van der Waals surface area contributed by atoms with Gasteiger partial charge in [0.25, 0.3) is 0 Å². The smallest absolute Gasteiger partial charge is 0.0806 e. The van der Waals surface area contributed by atoms with Gasteiger partial charge >= 0.3 is 0 Å². The third-order valence-corrected chi connectivity index (χ3v) is 2.79. The average molecular weight is 171 g/mol. The second kappa shape index (κ2) is 4.24. The molecule has 2 heteroatoms. The van der Waals surface area contributed by atoms with Crippen molar-refractivity contribution < 1.29 is 4.74 Å². The maximum Gasteiger partial charge on any atom is 0.0806 e. The van der Waals surface area contributed by atoms with Crippen molar-refractivity contribution in [2.24, 2.45) is 0 Å². The maximum absolute atomic E-state index is 5.88. The summed E-state index contributed by atoms with van der Waals surface area (Å²) in [5.74, 6) is 0. The van der Waals surface area contributed by atoms with Crippen LogP contribution in [-0.4, -0.2) is 37.2 Å². The molecule has 0 N–H and O–H groups in total. The zero-order chi connectivity index (χ0) is 9.03. The Labute approximate surface area is 75.9 Å². The Hall–Kier alpha value is -0.0800. The molecule has 0 radical (unpaired) electrons. The van der Waals surface area contributed by atoms with Crippen molar-refractivity contribution in [3.05, 3.63) is 0 Å². The molecule has 0 aromatic carbocycles. The summed E-state index contributed by atoms with van der Waals surface area (Å²) in [6.07, 6.45) is 3.57. The number of hydrogen-bond acceptors (Lipinski definition) is 2. The van der Waals surface area contributed by atoms with E-state index in [2.05, 4.69) is 25.8 Å². The van der Waals surface area contributed by atoms with Crippen LogP contribution in [0.2, 0.25) is 0 Å². The van der Waals surface area contributed by atoms with Gasteiger partial charge in [0.2, 0.25) is 0 Å². The van der Waals surface area contributed by atoms with Gasteiger partial charge in [-0.15, -0.1) is 0 Å². The molecular formula is C10H21NO. The van der Waals surface area contributed by atoms with Gasteiger partial charge in [-0.1, -0.05) is 20.3 Å². The first-order chi connectivity index (χ1) is 5.72. The van der Waals surface area contributed by atoms with Crippen molar-refractivity contribution in [1.82, 2.24) is 4.90 Å². The lowest BCUT2D eigenvalue weighted by Crippen LogP contribution is -2.49. The number of ether oxygens (including phenoxy) is 1. The van der Waals surface area contributed by atoms with E-state index in [0.717, 1.165) is 26.1 Å². The Morgan fingerprint density at radius 2 is 2.17 bits per heavy atom. The van der Waals surface area contributed by atoms with Crippen LogP contribution in [0.25, 0.3) is 0 Å². The SMILES string of the molecule is CCCC1(CC)CN(C)CCO1. The number of morpholine rings is 1. The van der Waals surface area contributed by atoms with E-state index in [-0.39, 0.29) is 5.60 Å². The van der Waals surface area contributed by atoms with Crippen LogP contribution < -0.4 is 0 Å². The van der Waals surface area contributed by atoms with E-state index in [1.54, 1.807) is 0 Å². The van der Waals surface area contributed by atoms with Crippen LogP contribution >= 0.6 is 0 Å². The summed E-state index contributed by atoms with van der Waals surface area (Å²) >= 11 is 0. The summed E-state index contributed by atoms with van der Waals surface area (Å²) in [6, 6.07) is 0. The second-order valence-electron chi connectivity index (χ2n) is 3.87. The minimum atomic E-state index is 0.168. The van der Waals surface area contributed by atoms with Gasteiger partial charge in [-0.25, -0.2) is 0 Å². The number of rotatable bonds is 3. The van der Waals surface area contributed by atoms with E-state index in [4.69, 9.17) is 4.74 Å². The molecule has 1 aliphatic rings. The fraction of sp³-hybridized carbons (Fsp3) is 1.00. The summed E-state index contributed by atoms with van der Waals surface area (Å²) in [6.45, 7) is 7.57. The van der Waals surface area contributed by atoms with Gasteiger partial charge in [-0.3, -0.25) is 0 Å². The lowest BCUT2D eigenvalue weighted by Gasteiger charge is -2.41. The predicted octanol–water partition coefficient (Wildman–Crippen LogP) is 1.90. The third-order valence-electron chi connectivity index (χ3n) is 2.79. The second-order valence-corrected chi connectivity index (χ2v) is 3.87. The molecular weight excluding hydrogens is 150 g/mol. The molecule has 0 amide bonds. The van der Waals surface area contributed by atoms with Gasteiger partial charge in [0.1, 0.15) is 0 Å². The highest BCUT2D eigenvalue weighted by molar-refractivity contribution is 4.85. The molecule has 1 heterocycles. The first-order valence-electron chi connectivity index (χ1n) is 5.05. The van der Waals surface area contributed by atoms with Crippen molar-refractivity contribution >= 4 is 0 Å². The molecule has 1 rings (SSSR count). The van der Waals surface area contributed by atoms with E-state index in [1.807, 2.05) is 0 Å². The van der Waals surface area contributed by atoms with Gasteiger partial charge in [-0.2, -0.15) is 0 Å². The topological polar surface area (TPSA) is 12.5 Å². The molecule has 0 spiro atoms. The Kier molecular flexibility index (Phi) is 3.53. The van der Waals surface area contributed by atoms with Crippen LogP contribution in [0.3, 0.4) is 0 Å². The van der Waals surface area contributed by atoms with E-state index in [0.29, 0.717) is 0 Å².